The minimum atomic E-state index is -0.188. The molecule has 0 radical (unpaired) electrons. The maximum atomic E-state index is 13.5. The zero-order valence-corrected chi connectivity index (χ0v) is 12.0. The second kappa shape index (κ2) is 7.55. The van der Waals surface area contributed by atoms with Gasteiger partial charge in [0.1, 0.15) is 5.82 Å². The maximum Gasteiger partial charge on any atom is 0.126 e. The van der Waals surface area contributed by atoms with Gasteiger partial charge in [0.15, 0.2) is 0 Å². The molecule has 18 heavy (non-hydrogen) atoms. The molecule has 0 amide bonds. The van der Waals surface area contributed by atoms with Crippen LogP contribution in [0.2, 0.25) is 5.02 Å². The standard InChI is InChI=1S/C15H21ClFN/c1-11(2)18-8-4-5-12(3)9-13-10-14(16)6-7-15(13)17/h5-7,10-11,18H,4,8-9H2,1-3H3/b12-5-. The fourth-order valence-electron chi connectivity index (χ4n) is 1.74. The summed E-state index contributed by atoms with van der Waals surface area (Å²) in [5, 5.41) is 3.93. The number of hydrogen-bond donors (Lipinski definition) is 1. The summed E-state index contributed by atoms with van der Waals surface area (Å²) in [6.45, 7) is 7.22. The van der Waals surface area contributed by atoms with E-state index in [4.69, 9.17) is 11.6 Å². The molecule has 0 saturated carbocycles. The summed E-state index contributed by atoms with van der Waals surface area (Å²) in [6.07, 6.45) is 3.73. The molecule has 1 aromatic rings. The Labute approximate surface area is 114 Å². The fourth-order valence-corrected chi connectivity index (χ4v) is 1.94. The Morgan fingerprint density at radius 2 is 2.17 bits per heavy atom. The molecule has 0 aliphatic rings. The van der Waals surface area contributed by atoms with Crippen LogP contribution in [0.15, 0.2) is 29.8 Å². The van der Waals surface area contributed by atoms with Crippen LogP contribution in [-0.4, -0.2) is 12.6 Å². The van der Waals surface area contributed by atoms with Gasteiger partial charge in [0, 0.05) is 11.1 Å². The topological polar surface area (TPSA) is 12.0 Å². The average molecular weight is 270 g/mol. The zero-order chi connectivity index (χ0) is 13.5. The third-order valence-corrected chi connectivity index (χ3v) is 2.90. The number of halogens is 2. The molecular weight excluding hydrogens is 249 g/mol. The van der Waals surface area contributed by atoms with E-state index in [1.807, 2.05) is 6.92 Å². The van der Waals surface area contributed by atoms with Crippen molar-refractivity contribution in [3.63, 3.8) is 0 Å². The molecule has 1 nitrogen and oxygen atoms in total. The molecule has 1 N–H and O–H groups in total. The lowest BCUT2D eigenvalue weighted by Gasteiger charge is -2.07. The van der Waals surface area contributed by atoms with Gasteiger partial charge >= 0.3 is 0 Å². The van der Waals surface area contributed by atoms with E-state index in [1.54, 1.807) is 12.1 Å². The van der Waals surface area contributed by atoms with Gasteiger partial charge in [-0.2, -0.15) is 0 Å². The van der Waals surface area contributed by atoms with Crippen molar-refractivity contribution in [3.8, 4) is 0 Å². The second-order valence-corrected chi connectivity index (χ2v) is 5.30. The van der Waals surface area contributed by atoms with Crippen LogP contribution in [0.5, 0.6) is 0 Å². The minimum Gasteiger partial charge on any atom is -0.314 e. The first-order valence-electron chi connectivity index (χ1n) is 6.32. The van der Waals surface area contributed by atoms with Gasteiger partial charge in [-0.1, -0.05) is 37.1 Å². The highest BCUT2D eigenvalue weighted by Gasteiger charge is 2.03. The van der Waals surface area contributed by atoms with Crippen molar-refractivity contribution in [1.29, 1.82) is 0 Å². The molecule has 0 saturated heterocycles. The SMILES string of the molecule is C/C(=C/CCNC(C)C)Cc1cc(Cl)ccc1F. The molecule has 1 aromatic carbocycles. The number of allylic oxidation sites excluding steroid dienone is 1. The van der Waals surface area contributed by atoms with E-state index >= 15 is 0 Å². The monoisotopic (exact) mass is 269 g/mol. The number of hydrogen-bond acceptors (Lipinski definition) is 1. The van der Waals surface area contributed by atoms with Crippen LogP contribution in [0.3, 0.4) is 0 Å². The number of benzene rings is 1. The van der Waals surface area contributed by atoms with Gasteiger partial charge in [0.05, 0.1) is 0 Å². The predicted octanol–water partition coefficient (Wildman–Crippen LogP) is 4.36. The molecular formula is C15H21ClFN. The van der Waals surface area contributed by atoms with Crippen LogP contribution in [0.4, 0.5) is 4.39 Å². The molecule has 0 bridgehead atoms. The van der Waals surface area contributed by atoms with E-state index < -0.39 is 0 Å². The molecule has 0 atom stereocenters. The molecule has 0 spiro atoms. The highest BCUT2D eigenvalue weighted by Crippen LogP contribution is 2.18. The summed E-state index contributed by atoms with van der Waals surface area (Å²) in [5.41, 5.74) is 1.83. The van der Waals surface area contributed by atoms with Crippen LogP contribution in [0.25, 0.3) is 0 Å². The smallest absolute Gasteiger partial charge is 0.126 e. The highest BCUT2D eigenvalue weighted by atomic mass is 35.5. The summed E-state index contributed by atoms with van der Waals surface area (Å²) in [4.78, 5) is 0. The Kier molecular flexibility index (Phi) is 6.37. The van der Waals surface area contributed by atoms with Crippen molar-refractivity contribution in [1.82, 2.24) is 5.32 Å². The van der Waals surface area contributed by atoms with E-state index in [9.17, 15) is 4.39 Å². The molecule has 0 aromatic heterocycles. The zero-order valence-electron chi connectivity index (χ0n) is 11.3. The Morgan fingerprint density at radius 3 is 2.83 bits per heavy atom. The van der Waals surface area contributed by atoms with Gasteiger partial charge in [-0.05, 0) is 50.1 Å². The predicted molar refractivity (Wildman–Crippen MR) is 76.6 cm³/mol. The fraction of sp³-hybridized carbons (Fsp3) is 0.467. The highest BCUT2D eigenvalue weighted by molar-refractivity contribution is 6.30. The molecule has 1 rings (SSSR count). The lowest BCUT2D eigenvalue weighted by molar-refractivity contribution is 0.593. The lowest BCUT2D eigenvalue weighted by atomic mass is 10.0. The van der Waals surface area contributed by atoms with Gasteiger partial charge < -0.3 is 5.32 Å². The van der Waals surface area contributed by atoms with Gasteiger partial charge in [0.2, 0.25) is 0 Å². The minimum absolute atomic E-state index is 0.188. The van der Waals surface area contributed by atoms with Crippen LogP contribution < -0.4 is 5.32 Å². The van der Waals surface area contributed by atoms with Crippen molar-refractivity contribution in [2.24, 2.45) is 0 Å². The van der Waals surface area contributed by atoms with Crippen molar-refractivity contribution < 1.29 is 4.39 Å². The Bertz CT molecular complexity index is 413. The summed E-state index contributed by atoms with van der Waals surface area (Å²) in [7, 11) is 0. The molecule has 0 unspecified atom stereocenters. The summed E-state index contributed by atoms with van der Waals surface area (Å²) in [5.74, 6) is -0.188. The van der Waals surface area contributed by atoms with Gasteiger partial charge in [-0.25, -0.2) is 4.39 Å². The van der Waals surface area contributed by atoms with Crippen LogP contribution in [0, 0.1) is 5.82 Å². The van der Waals surface area contributed by atoms with E-state index in [1.165, 1.54) is 11.6 Å². The van der Waals surface area contributed by atoms with E-state index in [0.29, 0.717) is 23.0 Å². The van der Waals surface area contributed by atoms with E-state index in [0.717, 1.165) is 13.0 Å². The third-order valence-electron chi connectivity index (χ3n) is 2.67. The Morgan fingerprint density at radius 1 is 1.44 bits per heavy atom. The first kappa shape index (κ1) is 15.2. The largest absolute Gasteiger partial charge is 0.314 e. The first-order valence-corrected chi connectivity index (χ1v) is 6.69. The van der Waals surface area contributed by atoms with Crippen molar-refractivity contribution in [2.75, 3.05) is 6.54 Å². The molecule has 100 valence electrons. The second-order valence-electron chi connectivity index (χ2n) is 4.86. The number of nitrogens with one attached hydrogen (secondary N) is 1. The molecule has 3 heteroatoms. The Hall–Kier alpha value is -0.860. The molecule has 0 heterocycles. The lowest BCUT2D eigenvalue weighted by Crippen LogP contribution is -2.23. The number of rotatable bonds is 6. The average Bonchev–Trinajstić information content (AvgIpc) is 2.29. The molecule has 0 aliphatic carbocycles. The maximum absolute atomic E-state index is 13.5. The quantitative estimate of drug-likeness (QED) is 0.598. The van der Waals surface area contributed by atoms with E-state index in [-0.39, 0.29) is 5.82 Å². The normalized spacial score (nSPS) is 12.2. The van der Waals surface area contributed by atoms with Crippen molar-refractivity contribution in [2.45, 2.75) is 39.7 Å². The molecule has 0 aliphatic heterocycles. The Balaban J connectivity index is 2.50. The van der Waals surface area contributed by atoms with Gasteiger partial charge in [-0.15, -0.1) is 0 Å². The molecule has 0 fully saturated rings. The summed E-state index contributed by atoms with van der Waals surface area (Å²) < 4.78 is 13.5. The van der Waals surface area contributed by atoms with E-state index in [2.05, 4.69) is 25.2 Å². The van der Waals surface area contributed by atoms with Crippen molar-refractivity contribution >= 4 is 11.6 Å². The third kappa shape index (κ3) is 5.65. The first-order chi connectivity index (χ1) is 8.49. The summed E-state index contributed by atoms with van der Waals surface area (Å²) in [6, 6.07) is 5.20. The van der Waals surface area contributed by atoms with Crippen molar-refractivity contribution in [3.05, 3.63) is 46.3 Å². The van der Waals surface area contributed by atoms with Gasteiger partial charge in [-0.3, -0.25) is 0 Å². The summed E-state index contributed by atoms with van der Waals surface area (Å²) >= 11 is 5.87. The van der Waals surface area contributed by atoms with Gasteiger partial charge in [0.25, 0.3) is 0 Å². The van der Waals surface area contributed by atoms with Crippen LogP contribution in [-0.2, 0) is 6.42 Å². The van der Waals surface area contributed by atoms with Crippen LogP contribution >= 0.6 is 11.6 Å². The van der Waals surface area contributed by atoms with Crippen LogP contribution in [0.1, 0.15) is 32.8 Å².